The van der Waals surface area contributed by atoms with Crippen LogP contribution in [0.3, 0.4) is 0 Å². The van der Waals surface area contributed by atoms with Crippen molar-refractivity contribution in [2.24, 2.45) is 5.92 Å². The number of carbonyl (C=O) groups is 1. The number of pyridine rings is 1. The normalized spacial score (nSPS) is 19.3. The molecule has 0 spiro atoms. The molecule has 1 aliphatic heterocycles. The Bertz CT molecular complexity index is 650. The Morgan fingerprint density at radius 2 is 2.15 bits per heavy atom. The molecule has 1 atom stereocenters. The fourth-order valence-corrected chi connectivity index (χ4v) is 3.03. The van der Waals surface area contributed by atoms with E-state index in [4.69, 9.17) is 4.98 Å². The summed E-state index contributed by atoms with van der Waals surface area (Å²) >= 11 is 0. The average molecular weight is 268 g/mol. The lowest BCUT2D eigenvalue weighted by Gasteiger charge is -2.33. The zero-order valence-electron chi connectivity index (χ0n) is 12.1. The number of para-hydroxylation sites is 1. The first-order chi connectivity index (χ1) is 9.65. The van der Waals surface area contributed by atoms with Crippen molar-refractivity contribution in [3.05, 3.63) is 35.9 Å². The van der Waals surface area contributed by atoms with Crippen LogP contribution in [0.1, 0.15) is 25.3 Å². The lowest BCUT2D eigenvalue weighted by Crippen LogP contribution is -2.38. The topological polar surface area (TPSA) is 33.2 Å². The average Bonchev–Trinajstić information content (AvgIpc) is 2.46. The molecule has 1 aromatic carbocycles. The van der Waals surface area contributed by atoms with Gasteiger partial charge in [0, 0.05) is 24.4 Å². The molecule has 0 bridgehead atoms. The highest BCUT2D eigenvalue weighted by atomic mass is 16.1. The second-order valence-electron chi connectivity index (χ2n) is 5.72. The molecular weight excluding hydrogens is 248 g/mol. The summed E-state index contributed by atoms with van der Waals surface area (Å²) in [5.74, 6) is 1.50. The summed E-state index contributed by atoms with van der Waals surface area (Å²) in [6, 6.07) is 10.4. The number of Topliss-reactive ketones (excluding diaryl/α,β-unsaturated/α-hetero) is 1. The zero-order chi connectivity index (χ0) is 14.1. The van der Waals surface area contributed by atoms with Crippen LogP contribution in [-0.4, -0.2) is 23.9 Å². The molecule has 0 amide bonds. The fourth-order valence-electron chi connectivity index (χ4n) is 3.03. The third-order valence-electron chi connectivity index (χ3n) is 4.18. The van der Waals surface area contributed by atoms with E-state index in [1.54, 1.807) is 6.92 Å². The zero-order valence-corrected chi connectivity index (χ0v) is 12.1. The van der Waals surface area contributed by atoms with Gasteiger partial charge in [0.15, 0.2) is 0 Å². The molecule has 1 aromatic heterocycles. The van der Waals surface area contributed by atoms with Crippen LogP contribution >= 0.6 is 0 Å². The SMILES string of the molecule is CC(=O)C1CCCN(c2nc3ccccc3cc2C)C1. The summed E-state index contributed by atoms with van der Waals surface area (Å²) in [6.45, 7) is 5.61. The van der Waals surface area contributed by atoms with Gasteiger partial charge >= 0.3 is 0 Å². The Balaban J connectivity index is 1.96. The van der Waals surface area contributed by atoms with Crippen molar-refractivity contribution in [2.75, 3.05) is 18.0 Å². The van der Waals surface area contributed by atoms with E-state index in [1.165, 1.54) is 10.9 Å². The molecule has 1 unspecified atom stereocenters. The Morgan fingerprint density at radius 3 is 2.95 bits per heavy atom. The number of benzene rings is 1. The van der Waals surface area contributed by atoms with Crippen LogP contribution in [-0.2, 0) is 4.79 Å². The number of nitrogens with zero attached hydrogens (tertiary/aromatic N) is 2. The fraction of sp³-hybridized carbons (Fsp3) is 0.412. The number of fused-ring (bicyclic) bond motifs is 1. The van der Waals surface area contributed by atoms with Gasteiger partial charge in [0.05, 0.1) is 5.52 Å². The molecule has 1 fully saturated rings. The van der Waals surface area contributed by atoms with E-state index >= 15 is 0 Å². The molecule has 104 valence electrons. The van der Waals surface area contributed by atoms with Gasteiger partial charge in [-0.3, -0.25) is 4.79 Å². The van der Waals surface area contributed by atoms with Gasteiger partial charge in [-0.2, -0.15) is 0 Å². The maximum Gasteiger partial charge on any atom is 0.134 e. The molecular formula is C17H20N2O. The summed E-state index contributed by atoms with van der Waals surface area (Å²) < 4.78 is 0. The first-order valence-electron chi connectivity index (χ1n) is 7.27. The predicted octanol–water partition coefficient (Wildman–Crippen LogP) is 3.35. The van der Waals surface area contributed by atoms with Gasteiger partial charge in [-0.25, -0.2) is 4.98 Å². The molecule has 1 aliphatic rings. The van der Waals surface area contributed by atoms with E-state index in [2.05, 4.69) is 24.0 Å². The number of aryl methyl sites for hydroxylation is 1. The molecule has 2 heterocycles. The van der Waals surface area contributed by atoms with E-state index in [0.29, 0.717) is 5.78 Å². The Kier molecular flexibility index (Phi) is 3.43. The minimum atomic E-state index is 0.163. The predicted molar refractivity (Wildman–Crippen MR) is 82.1 cm³/mol. The molecule has 2 aromatic rings. The van der Waals surface area contributed by atoms with Crippen molar-refractivity contribution >= 4 is 22.5 Å². The monoisotopic (exact) mass is 268 g/mol. The van der Waals surface area contributed by atoms with Gasteiger partial charge in [-0.05, 0) is 44.4 Å². The van der Waals surface area contributed by atoms with Gasteiger partial charge in [-0.1, -0.05) is 18.2 Å². The van der Waals surface area contributed by atoms with Crippen molar-refractivity contribution in [3.8, 4) is 0 Å². The Labute approximate surface area is 119 Å². The standard InChI is InChI=1S/C17H20N2O/c1-12-10-14-6-3-4-8-16(14)18-17(12)19-9-5-7-15(11-19)13(2)20/h3-4,6,8,10,15H,5,7,9,11H2,1-2H3. The maximum atomic E-state index is 11.6. The van der Waals surface area contributed by atoms with Crippen molar-refractivity contribution in [3.63, 3.8) is 0 Å². The van der Waals surface area contributed by atoms with Crippen LogP contribution in [0.15, 0.2) is 30.3 Å². The van der Waals surface area contributed by atoms with Gasteiger partial charge < -0.3 is 4.90 Å². The molecule has 0 saturated carbocycles. The summed E-state index contributed by atoms with van der Waals surface area (Å²) in [7, 11) is 0. The number of hydrogen-bond donors (Lipinski definition) is 0. The summed E-state index contributed by atoms with van der Waals surface area (Å²) in [5, 5.41) is 1.17. The number of piperidine rings is 1. The first kappa shape index (κ1) is 13.1. The second-order valence-corrected chi connectivity index (χ2v) is 5.72. The van der Waals surface area contributed by atoms with Crippen LogP contribution < -0.4 is 4.90 Å². The third-order valence-corrected chi connectivity index (χ3v) is 4.18. The van der Waals surface area contributed by atoms with E-state index in [9.17, 15) is 4.79 Å². The van der Waals surface area contributed by atoms with E-state index in [1.807, 2.05) is 18.2 Å². The minimum Gasteiger partial charge on any atom is -0.356 e. The molecule has 3 rings (SSSR count). The summed E-state index contributed by atoms with van der Waals surface area (Å²) in [6.07, 6.45) is 2.08. The van der Waals surface area contributed by atoms with E-state index in [0.717, 1.165) is 37.3 Å². The molecule has 3 heteroatoms. The molecule has 0 N–H and O–H groups in total. The molecule has 1 saturated heterocycles. The van der Waals surface area contributed by atoms with Gasteiger partial charge in [0.1, 0.15) is 11.6 Å². The second kappa shape index (κ2) is 5.23. The third kappa shape index (κ3) is 2.40. The smallest absolute Gasteiger partial charge is 0.134 e. The largest absolute Gasteiger partial charge is 0.356 e. The lowest BCUT2D eigenvalue weighted by molar-refractivity contribution is -0.120. The minimum absolute atomic E-state index is 0.163. The summed E-state index contributed by atoms with van der Waals surface area (Å²) in [5.41, 5.74) is 2.21. The Morgan fingerprint density at radius 1 is 1.35 bits per heavy atom. The van der Waals surface area contributed by atoms with Gasteiger partial charge in [0.25, 0.3) is 0 Å². The van der Waals surface area contributed by atoms with Crippen LogP contribution in [0.2, 0.25) is 0 Å². The highest BCUT2D eigenvalue weighted by Gasteiger charge is 2.24. The number of anilines is 1. The first-order valence-corrected chi connectivity index (χ1v) is 7.27. The van der Waals surface area contributed by atoms with Crippen molar-refractivity contribution in [2.45, 2.75) is 26.7 Å². The lowest BCUT2D eigenvalue weighted by atomic mass is 9.94. The summed E-state index contributed by atoms with van der Waals surface area (Å²) in [4.78, 5) is 18.7. The quantitative estimate of drug-likeness (QED) is 0.837. The molecule has 0 aliphatic carbocycles. The van der Waals surface area contributed by atoms with Crippen LogP contribution in [0, 0.1) is 12.8 Å². The van der Waals surface area contributed by atoms with Crippen LogP contribution in [0.5, 0.6) is 0 Å². The maximum absolute atomic E-state index is 11.6. The van der Waals surface area contributed by atoms with Crippen molar-refractivity contribution < 1.29 is 4.79 Å². The highest BCUT2D eigenvalue weighted by Crippen LogP contribution is 2.27. The molecule has 3 nitrogen and oxygen atoms in total. The molecule has 20 heavy (non-hydrogen) atoms. The van der Waals surface area contributed by atoms with Gasteiger partial charge in [-0.15, -0.1) is 0 Å². The number of carbonyl (C=O) groups excluding carboxylic acids is 1. The number of ketones is 1. The van der Waals surface area contributed by atoms with E-state index in [-0.39, 0.29) is 5.92 Å². The van der Waals surface area contributed by atoms with Crippen molar-refractivity contribution in [1.82, 2.24) is 4.98 Å². The molecule has 0 radical (unpaired) electrons. The van der Waals surface area contributed by atoms with Crippen LogP contribution in [0.25, 0.3) is 10.9 Å². The van der Waals surface area contributed by atoms with Crippen LogP contribution in [0.4, 0.5) is 5.82 Å². The van der Waals surface area contributed by atoms with E-state index < -0.39 is 0 Å². The number of hydrogen-bond acceptors (Lipinski definition) is 3. The Hall–Kier alpha value is -1.90. The number of rotatable bonds is 2. The van der Waals surface area contributed by atoms with Gasteiger partial charge in [0.2, 0.25) is 0 Å². The number of aromatic nitrogens is 1. The van der Waals surface area contributed by atoms with Crippen molar-refractivity contribution in [1.29, 1.82) is 0 Å². The highest BCUT2D eigenvalue weighted by molar-refractivity contribution is 5.82.